The van der Waals surface area contributed by atoms with Crippen LogP contribution in [0.2, 0.25) is 0 Å². The van der Waals surface area contributed by atoms with Crippen LogP contribution in [0.5, 0.6) is 0 Å². The van der Waals surface area contributed by atoms with E-state index in [-0.39, 0.29) is 24.5 Å². The van der Waals surface area contributed by atoms with E-state index in [9.17, 15) is 19.7 Å². The molecule has 0 saturated heterocycles. The third kappa shape index (κ3) is 4.01. The molecular formula is C14H17NO6. The van der Waals surface area contributed by atoms with Crippen LogP contribution >= 0.6 is 0 Å². The van der Waals surface area contributed by atoms with Gasteiger partial charge < -0.3 is 9.47 Å². The van der Waals surface area contributed by atoms with E-state index in [1.54, 1.807) is 20.8 Å². The van der Waals surface area contributed by atoms with Gasteiger partial charge in [-0.1, -0.05) is 6.07 Å². The SMILES string of the molecule is CCOC(=O)C(C(=O)OCC)c1cc([N+](=O)[O-])ccc1C. The Morgan fingerprint density at radius 2 is 1.71 bits per heavy atom. The number of hydrogen-bond acceptors (Lipinski definition) is 6. The summed E-state index contributed by atoms with van der Waals surface area (Å²) < 4.78 is 9.74. The molecule has 0 aliphatic carbocycles. The van der Waals surface area contributed by atoms with Crippen LogP contribution in [0.3, 0.4) is 0 Å². The summed E-state index contributed by atoms with van der Waals surface area (Å²) in [5, 5.41) is 10.9. The molecule has 114 valence electrons. The molecule has 7 heteroatoms. The molecule has 0 amide bonds. The van der Waals surface area contributed by atoms with Gasteiger partial charge in [0.25, 0.3) is 5.69 Å². The van der Waals surface area contributed by atoms with Gasteiger partial charge in [0.2, 0.25) is 0 Å². The standard InChI is InChI=1S/C14H17NO6/c1-4-20-13(16)12(14(17)21-5-2)11-8-10(15(18)19)7-6-9(11)3/h6-8,12H,4-5H2,1-3H3. The maximum absolute atomic E-state index is 12.0. The van der Waals surface area contributed by atoms with E-state index in [1.165, 1.54) is 18.2 Å². The number of carbonyl (C=O) groups is 2. The van der Waals surface area contributed by atoms with Gasteiger partial charge in [-0.3, -0.25) is 19.7 Å². The first-order valence-corrected chi connectivity index (χ1v) is 6.50. The first kappa shape index (κ1) is 16.6. The minimum absolute atomic E-state index is 0.0999. The summed E-state index contributed by atoms with van der Waals surface area (Å²) >= 11 is 0. The van der Waals surface area contributed by atoms with Gasteiger partial charge in [0.1, 0.15) is 0 Å². The molecular weight excluding hydrogens is 278 g/mol. The van der Waals surface area contributed by atoms with E-state index in [4.69, 9.17) is 9.47 Å². The molecule has 0 aliphatic heterocycles. The molecule has 0 atom stereocenters. The van der Waals surface area contributed by atoms with Crippen molar-refractivity contribution in [2.75, 3.05) is 13.2 Å². The van der Waals surface area contributed by atoms with Gasteiger partial charge in [0.05, 0.1) is 18.1 Å². The summed E-state index contributed by atoms with van der Waals surface area (Å²) in [5.74, 6) is -2.87. The molecule has 1 rings (SSSR count). The van der Waals surface area contributed by atoms with Crippen molar-refractivity contribution in [1.82, 2.24) is 0 Å². The zero-order chi connectivity index (χ0) is 16.0. The highest BCUT2D eigenvalue weighted by Gasteiger charge is 2.33. The number of benzene rings is 1. The monoisotopic (exact) mass is 295 g/mol. The van der Waals surface area contributed by atoms with Gasteiger partial charge in [0, 0.05) is 12.1 Å². The van der Waals surface area contributed by atoms with Crippen LogP contribution in [0.25, 0.3) is 0 Å². The van der Waals surface area contributed by atoms with Crippen LogP contribution in [0.4, 0.5) is 5.69 Å². The average Bonchev–Trinajstić information content (AvgIpc) is 2.41. The average molecular weight is 295 g/mol. The minimum Gasteiger partial charge on any atom is -0.465 e. The molecule has 0 N–H and O–H groups in total. The Morgan fingerprint density at radius 3 is 2.14 bits per heavy atom. The lowest BCUT2D eigenvalue weighted by atomic mass is 9.94. The molecule has 0 spiro atoms. The van der Waals surface area contributed by atoms with E-state index in [0.717, 1.165) is 0 Å². The first-order chi connectivity index (χ1) is 9.92. The van der Waals surface area contributed by atoms with Crippen LogP contribution < -0.4 is 0 Å². The summed E-state index contributed by atoms with van der Waals surface area (Å²) in [6, 6.07) is 4.00. The highest BCUT2D eigenvalue weighted by atomic mass is 16.6. The number of nitro benzene ring substituents is 1. The Labute approximate surface area is 122 Å². The summed E-state index contributed by atoms with van der Waals surface area (Å²) in [6.45, 7) is 5.08. The van der Waals surface area contributed by atoms with E-state index < -0.39 is 22.8 Å². The van der Waals surface area contributed by atoms with E-state index >= 15 is 0 Å². The fourth-order valence-electron chi connectivity index (χ4n) is 1.85. The lowest BCUT2D eigenvalue weighted by Gasteiger charge is -2.16. The van der Waals surface area contributed by atoms with Gasteiger partial charge in [-0.25, -0.2) is 0 Å². The molecule has 1 aromatic rings. The van der Waals surface area contributed by atoms with E-state index in [2.05, 4.69) is 0 Å². The maximum atomic E-state index is 12.0. The Hall–Kier alpha value is -2.44. The lowest BCUT2D eigenvalue weighted by Crippen LogP contribution is -2.27. The summed E-state index contributed by atoms with van der Waals surface area (Å²) in [7, 11) is 0. The molecule has 0 aromatic heterocycles. The summed E-state index contributed by atoms with van der Waals surface area (Å²) in [4.78, 5) is 34.3. The molecule has 0 heterocycles. The fourth-order valence-corrected chi connectivity index (χ4v) is 1.85. The number of nitro groups is 1. The smallest absolute Gasteiger partial charge is 0.324 e. The quantitative estimate of drug-likeness (QED) is 0.345. The van der Waals surface area contributed by atoms with Gasteiger partial charge in [-0.15, -0.1) is 0 Å². The number of rotatable bonds is 6. The highest BCUT2D eigenvalue weighted by molar-refractivity contribution is 6.01. The summed E-state index contributed by atoms with van der Waals surface area (Å²) in [5.41, 5.74) is 0.599. The van der Waals surface area contributed by atoms with Crippen molar-refractivity contribution >= 4 is 17.6 Å². The van der Waals surface area contributed by atoms with Crippen molar-refractivity contribution in [1.29, 1.82) is 0 Å². The molecule has 7 nitrogen and oxygen atoms in total. The molecule has 0 fully saturated rings. The number of carbonyl (C=O) groups excluding carboxylic acids is 2. The first-order valence-electron chi connectivity index (χ1n) is 6.50. The second-order valence-corrected chi connectivity index (χ2v) is 4.24. The zero-order valence-corrected chi connectivity index (χ0v) is 12.1. The normalized spacial score (nSPS) is 10.3. The van der Waals surface area contributed by atoms with Gasteiger partial charge in [-0.05, 0) is 31.9 Å². The van der Waals surface area contributed by atoms with Crippen molar-refractivity contribution in [3.05, 3.63) is 39.4 Å². The second-order valence-electron chi connectivity index (χ2n) is 4.24. The van der Waals surface area contributed by atoms with Gasteiger partial charge in [-0.2, -0.15) is 0 Å². The Morgan fingerprint density at radius 1 is 1.19 bits per heavy atom. The number of hydrogen-bond donors (Lipinski definition) is 0. The molecule has 21 heavy (non-hydrogen) atoms. The largest absolute Gasteiger partial charge is 0.465 e. The predicted octanol–water partition coefficient (Wildman–Crippen LogP) is 2.11. The molecule has 0 radical (unpaired) electrons. The molecule has 0 bridgehead atoms. The predicted molar refractivity (Wildman–Crippen MR) is 73.8 cm³/mol. The van der Waals surface area contributed by atoms with Crippen LogP contribution in [-0.4, -0.2) is 30.1 Å². The minimum atomic E-state index is -1.32. The number of nitrogens with zero attached hydrogens (tertiary/aromatic N) is 1. The number of ether oxygens (including phenoxy) is 2. The lowest BCUT2D eigenvalue weighted by molar-refractivity contribution is -0.384. The van der Waals surface area contributed by atoms with Crippen molar-refractivity contribution in [2.24, 2.45) is 0 Å². The van der Waals surface area contributed by atoms with Crippen molar-refractivity contribution in [3.63, 3.8) is 0 Å². The topological polar surface area (TPSA) is 95.7 Å². The molecule has 1 aromatic carbocycles. The second kappa shape index (κ2) is 7.37. The van der Waals surface area contributed by atoms with Crippen molar-refractivity contribution < 1.29 is 24.0 Å². The molecule has 0 aliphatic rings. The van der Waals surface area contributed by atoms with Gasteiger partial charge in [0.15, 0.2) is 5.92 Å². The maximum Gasteiger partial charge on any atom is 0.324 e. The van der Waals surface area contributed by atoms with E-state index in [1.807, 2.05) is 0 Å². The van der Waals surface area contributed by atoms with Crippen molar-refractivity contribution in [3.8, 4) is 0 Å². The van der Waals surface area contributed by atoms with Crippen LogP contribution in [-0.2, 0) is 19.1 Å². The zero-order valence-electron chi connectivity index (χ0n) is 12.1. The van der Waals surface area contributed by atoms with Crippen LogP contribution in [0.1, 0.15) is 30.9 Å². The number of non-ortho nitro benzene ring substituents is 1. The Kier molecular flexibility index (Phi) is 5.83. The van der Waals surface area contributed by atoms with E-state index in [0.29, 0.717) is 5.56 Å². The molecule has 0 unspecified atom stereocenters. The number of esters is 2. The third-order valence-corrected chi connectivity index (χ3v) is 2.83. The Balaban J connectivity index is 3.30. The Bertz CT molecular complexity index is 536. The fraction of sp³-hybridized carbons (Fsp3) is 0.429. The molecule has 0 saturated carbocycles. The third-order valence-electron chi connectivity index (χ3n) is 2.83. The highest BCUT2D eigenvalue weighted by Crippen LogP contribution is 2.27. The van der Waals surface area contributed by atoms with Gasteiger partial charge >= 0.3 is 11.9 Å². The number of aryl methyl sites for hydroxylation is 1. The van der Waals surface area contributed by atoms with Crippen LogP contribution in [0, 0.1) is 17.0 Å². The van der Waals surface area contributed by atoms with Crippen LogP contribution in [0.15, 0.2) is 18.2 Å². The summed E-state index contributed by atoms with van der Waals surface area (Å²) in [6.07, 6.45) is 0. The van der Waals surface area contributed by atoms with Crippen molar-refractivity contribution in [2.45, 2.75) is 26.7 Å².